The molecular formula is C25H35F3O2. The topological polar surface area (TPSA) is 18.5 Å². The van der Waals surface area contributed by atoms with Gasteiger partial charge >= 0.3 is 0 Å². The molecule has 1 heterocycles. The van der Waals surface area contributed by atoms with Crippen LogP contribution >= 0.6 is 0 Å². The lowest BCUT2D eigenvalue weighted by molar-refractivity contribution is -0.215. The molecule has 0 radical (unpaired) electrons. The van der Waals surface area contributed by atoms with Gasteiger partial charge in [0.1, 0.15) is 0 Å². The first-order valence-electron chi connectivity index (χ1n) is 11.9. The molecule has 1 aromatic rings. The number of rotatable bonds is 5. The predicted octanol–water partition coefficient (Wildman–Crippen LogP) is 7.18. The molecule has 0 N–H and O–H groups in total. The molecule has 0 amide bonds. The van der Waals surface area contributed by atoms with Crippen molar-refractivity contribution in [3.8, 4) is 0 Å². The third kappa shape index (κ3) is 5.04. The maximum atomic E-state index is 13.5. The molecule has 168 valence electrons. The first-order chi connectivity index (χ1) is 14.5. The Balaban J connectivity index is 1.22. The normalized spacial score (nSPS) is 35.3. The molecule has 3 aliphatic rings. The quantitative estimate of drug-likeness (QED) is 0.466. The van der Waals surface area contributed by atoms with Gasteiger partial charge in [-0.05, 0) is 74.3 Å². The number of halogens is 3. The van der Waals surface area contributed by atoms with Crippen LogP contribution in [0, 0.1) is 47.0 Å². The second-order valence-electron chi connectivity index (χ2n) is 9.80. The van der Waals surface area contributed by atoms with Crippen LogP contribution in [-0.4, -0.2) is 13.2 Å². The minimum Gasteiger partial charge on any atom is -0.348 e. The van der Waals surface area contributed by atoms with E-state index in [1.54, 1.807) is 0 Å². The number of benzene rings is 1. The van der Waals surface area contributed by atoms with Crippen molar-refractivity contribution < 1.29 is 22.6 Å². The van der Waals surface area contributed by atoms with Crippen molar-refractivity contribution in [1.82, 2.24) is 0 Å². The van der Waals surface area contributed by atoms with Gasteiger partial charge in [0.25, 0.3) is 0 Å². The van der Waals surface area contributed by atoms with Crippen LogP contribution in [0.15, 0.2) is 12.1 Å². The van der Waals surface area contributed by atoms with E-state index in [0.29, 0.717) is 25.0 Å². The van der Waals surface area contributed by atoms with E-state index in [0.717, 1.165) is 29.9 Å². The first kappa shape index (κ1) is 22.1. The van der Waals surface area contributed by atoms with Crippen LogP contribution < -0.4 is 0 Å². The van der Waals surface area contributed by atoms with E-state index < -0.39 is 23.7 Å². The minimum atomic E-state index is -1.46. The van der Waals surface area contributed by atoms with Gasteiger partial charge in [-0.2, -0.15) is 0 Å². The Hall–Kier alpha value is -1.07. The molecule has 0 aromatic heterocycles. The summed E-state index contributed by atoms with van der Waals surface area (Å²) in [4.78, 5) is 0. The fraction of sp³-hybridized carbons (Fsp3) is 0.760. The van der Waals surface area contributed by atoms with Gasteiger partial charge in [0.2, 0.25) is 0 Å². The zero-order chi connectivity index (χ0) is 21.1. The average molecular weight is 425 g/mol. The number of hydrogen-bond donors (Lipinski definition) is 0. The summed E-state index contributed by atoms with van der Waals surface area (Å²) in [5.41, 5.74) is 0.201. The fourth-order valence-corrected chi connectivity index (χ4v) is 6.14. The molecule has 1 aromatic carbocycles. The van der Waals surface area contributed by atoms with Gasteiger partial charge in [-0.25, -0.2) is 13.2 Å². The summed E-state index contributed by atoms with van der Waals surface area (Å²) in [7, 11) is 0. The number of ether oxygens (including phenoxy) is 2. The lowest BCUT2D eigenvalue weighted by Gasteiger charge is -2.41. The fourth-order valence-electron chi connectivity index (χ4n) is 6.14. The zero-order valence-electron chi connectivity index (χ0n) is 18.1. The van der Waals surface area contributed by atoms with Crippen molar-refractivity contribution in [2.24, 2.45) is 29.6 Å². The third-order valence-corrected chi connectivity index (χ3v) is 7.94. The standard InChI is InChI=1S/C25H35F3O2/c1-2-3-16-4-6-17(7-5-16)18-8-10-19(11-9-18)21-14-29-25(30-15-21)20-12-22(26)24(28)23(27)13-20/h12-13,16-19,21,25H,2-11,14-15H2,1H3. The van der Waals surface area contributed by atoms with Crippen LogP contribution in [0.3, 0.4) is 0 Å². The van der Waals surface area contributed by atoms with Gasteiger partial charge in [-0.1, -0.05) is 32.6 Å². The van der Waals surface area contributed by atoms with Crippen LogP contribution in [0.4, 0.5) is 13.2 Å². The average Bonchev–Trinajstić information content (AvgIpc) is 2.78. The highest BCUT2D eigenvalue weighted by Crippen LogP contribution is 2.44. The molecule has 2 aliphatic carbocycles. The monoisotopic (exact) mass is 424 g/mol. The lowest BCUT2D eigenvalue weighted by Crippen LogP contribution is -2.35. The van der Waals surface area contributed by atoms with Gasteiger partial charge in [0.05, 0.1) is 13.2 Å². The van der Waals surface area contributed by atoms with Crippen molar-refractivity contribution in [3.63, 3.8) is 0 Å². The molecule has 4 rings (SSSR count). The lowest BCUT2D eigenvalue weighted by atomic mass is 9.67. The van der Waals surface area contributed by atoms with Crippen molar-refractivity contribution in [3.05, 3.63) is 35.1 Å². The molecule has 0 bridgehead atoms. The Morgan fingerprint density at radius 3 is 1.70 bits per heavy atom. The van der Waals surface area contributed by atoms with Gasteiger partial charge in [-0.3, -0.25) is 0 Å². The summed E-state index contributed by atoms with van der Waals surface area (Å²) < 4.78 is 51.7. The SMILES string of the molecule is CCCC1CCC(C2CCC(C3COC(c4cc(F)c(F)c(F)c4)OC3)CC2)CC1. The summed E-state index contributed by atoms with van der Waals surface area (Å²) in [6.07, 6.45) is 12.7. The van der Waals surface area contributed by atoms with Crippen LogP contribution in [0.25, 0.3) is 0 Å². The van der Waals surface area contributed by atoms with E-state index in [4.69, 9.17) is 9.47 Å². The molecule has 1 saturated heterocycles. The van der Waals surface area contributed by atoms with E-state index in [-0.39, 0.29) is 5.56 Å². The Morgan fingerprint density at radius 1 is 0.733 bits per heavy atom. The Kier molecular flexibility index (Phi) is 7.40. The van der Waals surface area contributed by atoms with Crippen molar-refractivity contribution in [2.75, 3.05) is 13.2 Å². The van der Waals surface area contributed by atoms with E-state index in [2.05, 4.69) is 6.92 Å². The Morgan fingerprint density at radius 2 is 1.20 bits per heavy atom. The van der Waals surface area contributed by atoms with Crippen LogP contribution in [0.2, 0.25) is 0 Å². The van der Waals surface area contributed by atoms with Gasteiger partial charge < -0.3 is 9.47 Å². The van der Waals surface area contributed by atoms with Crippen LogP contribution in [0.5, 0.6) is 0 Å². The van der Waals surface area contributed by atoms with Gasteiger partial charge in [-0.15, -0.1) is 0 Å². The van der Waals surface area contributed by atoms with Gasteiger partial charge in [0, 0.05) is 11.5 Å². The van der Waals surface area contributed by atoms with Crippen molar-refractivity contribution >= 4 is 0 Å². The molecule has 0 atom stereocenters. The smallest absolute Gasteiger partial charge is 0.194 e. The predicted molar refractivity (Wildman–Crippen MR) is 110 cm³/mol. The summed E-state index contributed by atoms with van der Waals surface area (Å²) in [5, 5.41) is 0. The van der Waals surface area contributed by atoms with E-state index in [1.165, 1.54) is 64.2 Å². The molecule has 2 saturated carbocycles. The first-order valence-corrected chi connectivity index (χ1v) is 11.9. The van der Waals surface area contributed by atoms with E-state index >= 15 is 0 Å². The highest BCUT2D eigenvalue weighted by molar-refractivity contribution is 5.20. The second-order valence-corrected chi connectivity index (χ2v) is 9.80. The second kappa shape index (κ2) is 10.0. The highest BCUT2D eigenvalue weighted by Gasteiger charge is 2.35. The molecule has 1 aliphatic heterocycles. The minimum absolute atomic E-state index is 0.201. The largest absolute Gasteiger partial charge is 0.348 e. The maximum Gasteiger partial charge on any atom is 0.194 e. The summed E-state index contributed by atoms with van der Waals surface area (Å²) in [5.74, 6) is -0.170. The number of hydrogen-bond acceptors (Lipinski definition) is 2. The van der Waals surface area contributed by atoms with Crippen molar-refractivity contribution in [2.45, 2.75) is 77.4 Å². The van der Waals surface area contributed by atoms with Gasteiger partial charge in [0.15, 0.2) is 23.7 Å². The van der Waals surface area contributed by atoms with E-state index in [1.807, 2.05) is 0 Å². The summed E-state index contributed by atoms with van der Waals surface area (Å²) in [6, 6.07) is 1.92. The zero-order valence-corrected chi connectivity index (χ0v) is 18.1. The maximum absolute atomic E-state index is 13.5. The third-order valence-electron chi connectivity index (χ3n) is 7.94. The van der Waals surface area contributed by atoms with Crippen molar-refractivity contribution in [1.29, 1.82) is 0 Å². The Bertz CT molecular complexity index is 663. The molecule has 2 nitrogen and oxygen atoms in total. The molecule has 0 spiro atoms. The molecule has 3 fully saturated rings. The van der Waals surface area contributed by atoms with Crippen LogP contribution in [-0.2, 0) is 9.47 Å². The highest BCUT2D eigenvalue weighted by atomic mass is 19.2. The Labute approximate surface area is 178 Å². The molecule has 30 heavy (non-hydrogen) atoms. The molecule has 0 unspecified atom stereocenters. The summed E-state index contributed by atoms with van der Waals surface area (Å²) in [6.45, 7) is 3.36. The summed E-state index contributed by atoms with van der Waals surface area (Å²) >= 11 is 0. The van der Waals surface area contributed by atoms with Crippen LogP contribution in [0.1, 0.15) is 83.0 Å². The molecule has 5 heteroatoms. The molecular weight excluding hydrogens is 389 g/mol. The van der Waals surface area contributed by atoms with E-state index in [9.17, 15) is 13.2 Å².